The first-order chi connectivity index (χ1) is 27.7. The third kappa shape index (κ3) is 12.5. The Morgan fingerprint density at radius 1 is 0.561 bits per heavy atom. The molecule has 320 valence electrons. The molecular weight excluding hydrogens is 725 g/mol. The Bertz CT molecular complexity index is 1530. The van der Waals surface area contributed by atoms with Crippen LogP contribution in [-0.2, 0) is 0 Å². The molecule has 0 radical (unpaired) electrons. The Hall–Kier alpha value is -2.54. The van der Waals surface area contributed by atoms with E-state index in [9.17, 15) is 22.7 Å². The molecule has 1 N–H and O–H groups in total. The maximum absolute atomic E-state index is 14.7. The second-order valence-corrected chi connectivity index (χ2v) is 18.1. The van der Waals surface area contributed by atoms with Gasteiger partial charge in [0, 0.05) is 11.5 Å². The lowest BCUT2D eigenvalue weighted by atomic mass is 9.67. The van der Waals surface area contributed by atoms with Gasteiger partial charge in [-0.25, -0.2) is 8.78 Å². The fourth-order valence-corrected chi connectivity index (χ4v) is 10.7. The molecule has 3 saturated carbocycles. The van der Waals surface area contributed by atoms with Crippen molar-refractivity contribution in [3.05, 3.63) is 64.7 Å². The number of halogens is 4. The van der Waals surface area contributed by atoms with Crippen LogP contribution in [-0.4, -0.2) is 24.4 Å². The Morgan fingerprint density at radius 2 is 1.09 bits per heavy atom. The molecule has 0 saturated heterocycles. The summed E-state index contributed by atoms with van der Waals surface area (Å²) in [6, 6.07) is 6.42. The Labute approximate surface area is 342 Å². The summed E-state index contributed by atoms with van der Waals surface area (Å²) in [5.41, 5.74) is 1.70. The molecule has 57 heavy (non-hydrogen) atoms. The standard InChI is InChI=1S/C25H38F2O2.C25H36F2O/c1-3-5-15-29-23-14-13-21(24(26)25(23)27)20-12-11-19(16-22(20)28)18-9-7-17(6-4-2)8-10-18;1-3-5-17-28-23-16-15-22(24(26)25(23)27)21-13-11-20(12-14-21)19-9-7-18(6-4-2)8-10-19/h13-14,17-20,22,28H,3-12,15-16H2,1-2H3;13,15-16,18-20H,3-12,14,17H2,1-2H3/t17?,18?,19-,20+,22?;18?,19?,20-/m10/s1. The van der Waals surface area contributed by atoms with E-state index in [0.717, 1.165) is 87.0 Å². The highest BCUT2D eigenvalue weighted by molar-refractivity contribution is 5.67. The van der Waals surface area contributed by atoms with E-state index in [1.54, 1.807) is 18.2 Å². The molecule has 4 aliphatic carbocycles. The normalized spacial score (nSPS) is 27.9. The van der Waals surface area contributed by atoms with Gasteiger partial charge in [-0.3, -0.25) is 0 Å². The number of aliphatic hydroxyl groups excluding tert-OH is 1. The van der Waals surface area contributed by atoms with Gasteiger partial charge in [-0.2, -0.15) is 8.78 Å². The zero-order chi connectivity index (χ0) is 40.7. The van der Waals surface area contributed by atoms with Gasteiger partial charge in [0.1, 0.15) is 0 Å². The summed E-state index contributed by atoms with van der Waals surface area (Å²) in [5, 5.41) is 10.8. The summed E-state index contributed by atoms with van der Waals surface area (Å²) in [7, 11) is 0. The van der Waals surface area contributed by atoms with Gasteiger partial charge in [0.2, 0.25) is 11.6 Å². The molecule has 1 unspecified atom stereocenters. The number of rotatable bonds is 16. The zero-order valence-electron chi connectivity index (χ0n) is 35.8. The fraction of sp³-hybridized carbons (Fsp3) is 0.720. The number of hydrogen-bond acceptors (Lipinski definition) is 3. The quantitative estimate of drug-likeness (QED) is 0.136. The molecule has 2 aromatic carbocycles. The van der Waals surface area contributed by atoms with E-state index in [-0.39, 0.29) is 17.4 Å². The molecule has 0 spiro atoms. The van der Waals surface area contributed by atoms with E-state index in [4.69, 9.17) is 9.47 Å². The van der Waals surface area contributed by atoms with Crippen LogP contribution in [0.25, 0.3) is 5.57 Å². The van der Waals surface area contributed by atoms with Crippen molar-refractivity contribution in [3.63, 3.8) is 0 Å². The van der Waals surface area contributed by atoms with Gasteiger partial charge in [0.15, 0.2) is 23.1 Å². The van der Waals surface area contributed by atoms with Gasteiger partial charge >= 0.3 is 0 Å². The van der Waals surface area contributed by atoms with Gasteiger partial charge in [-0.05, 0) is 142 Å². The number of hydrogen-bond donors (Lipinski definition) is 1. The van der Waals surface area contributed by atoms with Gasteiger partial charge < -0.3 is 14.6 Å². The van der Waals surface area contributed by atoms with Crippen LogP contribution in [0.1, 0.15) is 186 Å². The van der Waals surface area contributed by atoms with Crippen LogP contribution in [0.4, 0.5) is 17.6 Å². The molecule has 7 heteroatoms. The second-order valence-electron chi connectivity index (χ2n) is 18.1. The molecule has 3 nitrogen and oxygen atoms in total. The molecule has 4 aliphatic rings. The van der Waals surface area contributed by atoms with Crippen LogP contribution in [0.15, 0.2) is 30.3 Å². The van der Waals surface area contributed by atoms with Crippen LogP contribution in [0.3, 0.4) is 0 Å². The summed E-state index contributed by atoms with van der Waals surface area (Å²) in [6.07, 6.45) is 26.4. The molecule has 0 aromatic heterocycles. The smallest absolute Gasteiger partial charge is 0.201 e. The maximum atomic E-state index is 14.7. The van der Waals surface area contributed by atoms with Gasteiger partial charge in [0.05, 0.1) is 19.3 Å². The number of benzene rings is 2. The Kier molecular flexibility index (Phi) is 18.6. The number of allylic oxidation sites excluding steroid dienone is 2. The molecule has 3 fully saturated rings. The van der Waals surface area contributed by atoms with Crippen LogP contribution in [0, 0.1) is 58.8 Å². The number of aliphatic hydroxyl groups is 1. The lowest BCUT2D eigenvalue weighted by Gasteiger charge is -2.40. The molecule has 0 aliphatic heterocycles. The average Bonchev–Trinajstić information content (AvgIpc) is 3.23. The molecule has 0 amide bonds. The Balaban J connectivity index is 0.000000218. The fourth-order valence-electron chi connectivity index (χ4n) is 10.7. The molecule has 2 aromatic rings. The molecule has 6 rings (SSSR count). The average molecular weight is 799 g/mol. The van der Waals surface area contributed by atoms with Crippen molar-refractivity contribution in [2.75, 3.05) is 13.2 Å². The lowest BCUT2D eigenvalue weighted by molar-refractivity contribution is 0.0454. The second kappa shape index (κ2) is 23.3. The predicted octanol–water partition coefficient (Wildman–Crippen LogP) is 14.9. The summed E-state index contributed by atoms with van der Waals surface area (Å²) in [6.45, 7) is 9.43. The first-order valence-corrected chi connectivity index (χ1v) is 23.3. The first-order valence-electron chi connectivity index (χ1n) is 23.3. The number of ether oxygens (including phenoxy) is 2. The maximum Gasteiger partial charge on any atom is 0.201 e. The minimum atomic E-state index is -0.915. The highest BCUT2D eigenvalue weighted by Crippen LogP contribution is 2.46. The highest BCUT2D eigenvalue weighted by atomic mass is 19.2. The third-order valence-electron chi connectivity index (χ3n) is 14.2. The molecule has 0 heterocycles. The van der Waals surface area contributed by atoms with E-state index >= 15 is 0 Å². The monoisotopic (exact) mass is 799 g/mol. The van der Waals surface area contributed by atoms with Crippen molar-refractivity contribution in [2.24, 2.45) is 35.5 Å². The molecule has 0 bridgehead atoms. The van der Waals surface area contributed by atoms with Crippen molar-refractivity contribution in [2.45, 2.75) is 181 Å². The van der Waals surface area contributed by atoms with Gasteiger partial charge in [0.25, 0.3) is 0 Å². The van der Waals surface area contributed by atoms with Crippen LogP contribution >= 0.6 is 0 Å². The van der Waals surface area contributed by atoms with Crippen molar-refractivity contribution in [3.8, 4) is 11.5 Å². The van der Waals surface area contributed by atoms with Crippen LogP contribution in [0.5, 0.6) is 11.5 Å². The summed E-state index contributed by atoms with van der Waals surface area (Å²) < 4.78 is 69.0. The summed E-state index contributed by atoms with van der Waals surface area (Å²) >= 11 is 0. The van der Waals surface area contributed by atoms with Crippen molar-refractivity contribution >= 4 is 5.57 Å². The van der Waals surface area contributed by atoms with Crippen molar-refractivity contribution in [1.82, 2.24) is 0 Å². The molecular formula is C50H74F4O3. The minimum Gasteiger partial charge on any atom is -0.490 e. The predicted molar refractivity (Wildman–Crippen MR) is 226 cm³/mol. The third-order valence-corrected chi connectivity index (χ3v) is 14.2. The van der Waals surface area contributed by atoms with E-state index in [2.05, 4.69) is 19.9 Å². The van der Waals surface area contributed by atoms with Gasteiger partial charge in [-0.15, -0.1) is 0 Å². The summed E-state index contributed by atoms with van der Waals surface area (Å²) in [5.74, 6) is 0.911. The lowest BCUT2D eigenvalue weighted by Crippen LogP contribution is -2.33. The topological polar surface area (TPSA) is 38.7 Å². The highest BCUT2D eigenvalue weighted by Gasteiger charge is 2.37. The van der Waals surface area contributed by atoms with Crippen molar-refractivity contribution < 1.29 is 32.1 Å². The first kappa shape index (κ1) is 45.5. The Morgan fingerprint density at radius 3 is 1.60 bits per heavy atom. The molecule has 4 atom stereocenters. The largest absolute Gasteiger partial charge is 0.490 e. The van der Waals surface area contributed by atoms with E-state index < -0.39 is 29.4 Å². The summed E-state index contributed by atoms with van der Waals surface area (Å²) in [4.78, 5) is 0. The SMILES string of the molecule is CCCCOc1ccc(C2=CC[C@H](C3CCC(CCC)CC3)CC2)c(F)c1F.CCCCOc1ccc([C@@H]2CC[C@@H](C3CCC(CCC)CC3)CC2O)c(F)c1F. The van der Waals surface area contributed by atoms with E-state index in [1.807, 2.05) is 13.8 Å². The van der Waals surface area contributed by atoms with E-state index in [0.29, 0.717) is 42.6 Å². The number of unbranched alkanes of at least 4 members (excludes halogenated alkanes) is 2. The van der Waals surface area contributed by atoms with Crippen LogP contribution in [0.2, 0.25) is 0 Å². The van der Waals surface area contributed by atoms with E-state index in [1.165, 1.54) is 83.1 Å². The van der Waals surface area contributed by atoms with Gasteiger partial charge in [-0.1, -0.05) is 104 Å². The minimum absolute atomic E-state index is 0.0216. The zero-order valence-corrected chi connectivity index (χ0v) is 35.8. The van der Waals surface area contributed by atoms with Crippen molar-refractivity contribution in [1.29, 1.82) is 0 Å². The van der Waals surface area contributed by atoms with Crippen LogP contribution < -0.4 is 9.47 Å².